The number of methoxy groups -OCH3 is 1. The molecule has 0 bridgehead atoms. The smallest absolute Gasteiger partial charge is 0.170 e. The minimum Gasteiger partial charge on any atom is -0.495 e. The van der Waals surface area contributed by atoms with Gasteiger partial charge >= 0.3 is 0 Å². The van der Waals surface area contributed by atoms with Crippen molar-refractivity contribution in [2.75, 3.05) is 19.0 Å². The van der Waals surface area contributed by atoms with Gasteiger partial charge in [0.15, 0.2) is 5.11 Å². The number of halogens is 1. The summed E-state index contributed by atoms with van der Waals surface area (Å²) in [5, 5.41) is 6.92. The van der Waals surface area contributed by atoms with Crippen LogP contribution in [0.3, 0.4) is 0 Å². The van der Waals surface area contributed by atoms with Gasteiger partial charge in [-0.3, -0.25) is 0 Å². The summed E-state index contributed by atoms with van der Waals surface area (Å²) in [6.45, 7) is 3.05. The van der Waals surface area contributed by atoms with Crippen molar-refractivity contribution in [2.24, 2.45) is 0 Å². The van der Waals surface area contributed by atoms with Gasteiger partial charge in [0.1, 0.15) is 5.75 Å². The molecule has 0 spiro atoms. The van der Waals surface area contributed by atoms with E-state index in [1.165, 1.54) is 0 Å². The van der Waals surface area contributed by atoms with Crippen molar-refractivity contribution in [1.82, 2.24) is 5.32 Å². The Morgan fingerprint density at radius 1 is 1.47 bits per heavy atom. The molecule has 1 aromatic rings. The van der Waals surface area contributed by atoms with Crippen LogP contribution in [0.15, 0.2) is 22.7 Å². The van der Waals surface area contributed by atoms with Crippen molar-refractivity contribution in [3.8, 4) is 5.75 Å². The fraction of sp³-hybridized carbons (Fsp3) is 0.417. The lowest BCUT2D eigenvalue weighted by Crippen LogP contribution is -2.29. The molecule has 0 fully saturated rings. The number of nitrogens with one attached hydrogen (secondary N) is 2. The number of hydrogen-bond acceptors (Lipinski definition) is 2. The van der Waals surface area contributed by atoms with Gasteiger partial charge in [0.25, 0.3) is 0 Å². The third-order valence-electron chi connectivity index (χ3n) is 2.22. The molecule has 0 unspecified atom stereocenters. The van der Waals surface area contributed by atoms with Gasteiger partial charge in [-0.15, -0.1) is 0 Å². The van der Waals surface area contributed by atoms with E-state index >= 15 is 0 Å². The molecule has 0 aromatic heterocycles. The van der Waals surface area contributed by atoms with Crippen molar-refractivity contribution in [3.63, 3.8) is 0 Å². The molecule has 0 saturated heterocycles. The predicted octanol–water partition coefficient (Wildman–Crippen LogP) is 3.54. The zero-order valence-electron chi connectivity index (χ0n) is 10.0. The van der Waals surface area contributed by atoms with Crippen LogP contribution >= 0.6 is 28.1 Å². The molecule has 3 nitrogen and oxygen atoms in total. The summed E-state index contributed by atoms with van der Waals surface area (Å²) in [6, 6.07) is 5.77. The number of rotatable bonds is 5. The molecule has 0 aliphatic carbocycles. The van der Waals surface area contributed by atoms with E-state index in [4.69, 9.17) is 17.0 Å². The highest BCUT2D eigenvalue weighted by Gasteiger charge is 2.02. The molecule has 0 saturated carbocycles. The maximum atomic E-state index is 5.22. The lowest BCUT2D eigenvalue weighted by atomic mass is 10.3. The zero-order valence-corrected chi connectivity index (χ0v) is 12.5. The predicted molar refractivity (Wildman–Crippen MR) is 79.8 cm³/mol. The molecule has 0 amide bonds. The van der Waals surface area contributed by atoms with Gasteiger partial charge in [-0.05, 0) is 46.7 Å². The first-order valence-corrected chi connectivity index (χ1v) is 6.76. The van der Waals surface area contributed by atoms with Crippen LogP contribution in [0, 0.1) is 0 Å². The first-order chi connectivity index (χ1) is 8.17. The van der Waals surface area contributed by atoms with Gasteiger partial charge in [0, 0.05) is 18.3 Å². The molecule has 17 heavy (non-hydrogen) atoms. The van der Waals surface area contributed by atoms with Gasteiger partial charge in [0.2, 0.25) is 0 Å². The molecule has 2 N–H and O–H groups in total. The average Bonchev–Trinajstić information content (AvgIpc) is 2.32. The fourth-order valence-electron chi connectivity index (χ4n) is 1.29. The third-order valence-corrected chi connectivity index (χ3v) is 3.13. The number of anilines is 1. The minimum absolute atomic E-state index is 0.642. The van der Waals surface area contributed by atoms with Crippen LogP contribution in [-0.4, -0.2) is 18.8 Å². The highest BCUT2D eigenvalue weighted by atomic mass is 79.9. The first kappa shape index (κ1) is 14.3. The zero-order chi connectivity index (χ0) is 12.7. The number of hydrogen-bond donors (Lipinski definition) is 2. The Morgan fingerprint density at radius 2 is 2.24 bits per heavy atom. The van der Waals surface area contributed by atoms with Crippen LogP contribution in [0.25, 0.3) is 0 Å². The Morgan fingerprint density at radius 3 is 2.88 bits per heavy atom. The topological polar surface area (TPSA) is 33.3 Å². The van der Waals surface area contributed by atoms with Crippen LogP contribution in [0.4, 0.5) is 5.69 Å². The van der Waals surface area contributed by atoms with Gasteiger partial charge in [-0.25, -0.2) is 0 Å². The molecular weight excluding hydrogens is 300 g/mol. The van der Waals surface area contributed by atoms with Gasteiger partial charge < -0.3 is 15.4 Å². The highest BCUT2D eigenvalue weighted by molar-refractivity contribution is 9.10. The Bertz CT molecular complexity index is 385. The van der Waals surface area contributed by atoms with Crippen molar-refractivity contribution in [3.05, 3.63) is 22.7 Å². The van der Waals surface area contributed by atoms with E-state index < -0.39 is 0 Å². The first-order valence-electron chi connectivity index (χ1n) is 5.55. The molecule has 0 radical (unpaired) electrons. The second kappa shape index (κ2) is 7.50. The lowest BCUT2D eigenvalue weighted by Gasteiger charge is -2.11. The molecule has 0 aliphatic heterocycles. The summed E-state index contributed by atoms with van der Waals surface area (Å²) in [5.74, 6) is 0.784. The van der Waals surface area contributed by atoms with E-state index in [9.17, 15) is 0 Å². The Kier molecular flexibility index (Phi) is 6.29. The molecular formula is C12H17BrN2OS. The summed E-state index contributed by atoms with van der Waals surface area (Å²) < 4.78 is 6.14. The Balaban J connectivity index is 2.53. The van der Waals surface area contributed by atoms with E-state index in [-0.39, 0.29) is 0 Å². The van der Waals surface area contributed by atoms with Gasteiger partial charge in [-0.2, -0.15) is 0 Å². The van der Waals surface area contributed by atoms with E-state index in [1.54, 1.807) is 7.11 Å². The van der Waals surface area contributed by atoms with Crippen LogP contribution in [-0.2, 0) is 0 Å². The molecule has 0 atom stereocenters. The van der Waals surface area contributed by atoms with Crippen LogP contribution in [0.1, 0.15) is 19.8 Å². The van der Waals surface area contributed by atoms with E-state index in [0.717, 1.165) is 35.3 Å². The Hall–Kier alpha value is -0.810. The molecule has 1 rings (SSSR count). The average molecular weight is 317 g/mol. The third kappa shape index (κ3) is 4.91. The van der Waals surface area contributed by atoms with Crippen LogP contribution in [0.5, 0.6) is 5.75 Å². The van der Waals surface area contributed by atoms with Crippen molar-refractivity contribution < 1.29 is 4.74 Å². The standard InChI is InChI=1S/C12H17BrN2OS/c1-3-4-7-14-12(17)15-9-5-6-10(13)11(8-9)16-2/h5-6,8H,3-4,7H2,1-2H3,(H2,14,15,17). The number of ether oxygens (including phenoxy) is 1. The normalized spacial score (nSPS) is 9.82. The molecule has 94 valence electrons. The van der Waals surface area contributed by atoms with E-state index in [0.29, 0.717) is 5.11 Å². The maximum Gasteiger partial charge on any atom is 0.170 e. The second-order valence-corrected chi connectivity index (χ2v) is 4.85. The van der Waals surface area contributed by atoms with Crippen LogP contribution < -0.4 is 15.4 Å². The van der Waals surface area contributed by atoms with E-state index in [1.807, 2.05) is 18.2 Å². The van der Waals surface area contributed by atoms with E-state index in [2.05, 4.69) is 33.5 Å². The number of unbranched alkanes of at least 4 members (excludes halogenated alkanes) is 1. The van der Waals surface area contributed by atoms with Gasteiger partial charge in [-0.1, -0.05) is 13.3 Å². The Labute approximate surface area is 116 Å². The minimum atomic E-state index is 0.642. The molecule has 0 heterocycles. The van der Waals surface area contributed by atoms with Crippen molar-refractivity contribution >= 4 is 38.9 Å². The molecule has 0 aliphatic rings. The molecule has 1 aromatic carbocycles. The summed E-state index contributed by atoms with van der Waals surface area (Å²) in [7, 11) is 1.64. The van der Waals surface area contributed by atoms with Crippen molar-refractivity contribution in [1.29, 1.82) is 0 Å². The quantitative estimate of drug-likeness (QED) is 0.643. The molecule has 5 heteroatoms. The van der Waals surface area contributed by atoms with Gasteiger partial charge in [0.05, 0.1) is 11.6 Å². The monoisotopic (exact) mass is 316 g/mol. The number of thiocarbonyl (C=S) groups is 1. The second-order valence-electron chi connectivity index (χ2n) is 3.58. The summed E-state index contributed by atoms with van der Waals surface area (Å²) in [4.78, 5) is 0. The van der Waals surface area contributed by atoms with Crippen LogP contribution in [0.2, 0.25) is 0 Å². The maximum absolute atomic E-state index is 5.22. The lowest BCUT2D eigenvalue weighted by molar-refractivity contribution is 0.412. The summed E-state index contributed by atoms with van der Waals surface area (Å²) in [6.07, 6.45) is 2.27. The summed E-state index contributed by atoms with van der Waals surface area (Å²) >= 11 is 8.59. The summed E-state index contributed by atoms with van der Waals surface area (Å²) in [5.41, 5.74) is 0.916. The SMILES string of the molecule is CCCCNC(=S)Nc1ccc(Br)c(OC)c1. The fourth-order valence-corrected chi connectivity index (χ4v) is 1.92. The highest BCUT2D eigenvalue weighted by Crippen LogP contribution is 2.27. The number of benzene rings is 1. The van der Waals surface area contributed by atoms with Crippen molar-refractivity contribution in [2.45, 2.75) is 19.8 Å². The largest absolute Gasteiger partial charge is 0.495 e.